The van der Waals surface area contributed by atoms with E-state index in [1.807, 2.05) is 6.92 Å². The highest BCUT2D eigenvalue weighted by Crippen LogP contribution is 2.36. The lowest BCUT2D eigenvalue weighted by atomic mass is 9.71. The van der Waals surface area contributed by atoms with Gasteiger partial charge >= 0.3 is 6.03 Å². The Bertz CT molecular complexity index is 576. The van der Waals surface area contributed by atoms with Crippen molar-refractivity contribution in [1.82, 2.24) is 10.6 Å². The van der Waals surface area contributed by atoms with E-state index in [9.17, 15) is 9.00 Å². The number of amides is 2. The number of urea groups is 1. The van der Waals surface area contributed by atoms with E-state index in [-0.39, 0.29) is 16.7 Å². The van der Waals surface area contributed by atoms with E-state index in [0.717, 1.165) is 25.7 Å². The average molecular weight is 337 g/mol. The number of hydrogen-bond donors (Lipinski definition) is 2. The van der Waals surface area contributed by atoms with Gasteiger partial charge in [0, 0.05) is 40.8 Å². The van der Waals surface area contributed by atoms with E-state index in [1.165, 1.54) is 11.1 Å². The molecule has 4 nitrogen and oxygen atoms in total. The van der Waals surface area contributed by atoms with Gasteiger partial charge in [0.15, 0.2) is 0 Å². The zero-order valence-corrected chi connectivity index (χ0v) is 15.2. The van der Waals surface area contributed by atoms with Crippen LogP contribution in [-0.2, 0) is 22.6 Å². The fourth-order valence-corrected chi connectivity index (χ4v) is 3.66. The quantitative estimate of drug-likeness (QED) is 0.839. The number of benzene rings is 1. The number of hydrogen-bond acceptors (Lipinski definition) is 2. The van der Waals surface area contributed by atoms with Crippen molar-refractivity contribution in [2.75, 3.05) is 19.3 Å². The van der Waals surface area contributed by atoms with E-state index in [0.29, 0.717) is 13.1 Å². The summed E-state index contributed by atoms with van der Waals surface area (Å²) in [6, 6.07) is 8.41. The predicted octanol–water partition coefficient (Wildman–Crippen LogP) is 2.74. The number of carbonyl (C=O) groups excluding carboxylic acids is 1. The van der Waals surface area contributed by atoms with Crippen LogP contribution in [0.3, 0.4) is 0 Å². The van der Waals surface area contributed by atoms with Crippen molar-refractivity contribution in [2.24, 2.45) is 0 Å². The molecule has 2 rings (SSSR count). The van der Waals surface area contributed by atoms with Gasteiger partial charge in [-0.3, -0.25) is 4.21 Å². The summed E-state index contributed by atoms with van der Waals surface area (Å²) in [5, 5.41) is 5.98. The summed E-state index contributed by atoms with van der Waals surface area (Å²) in [4.78, 5) is 12.0. The Morgan fingerprint density at radius 2 is 2.09 bits per heavy atom. The largest absolute Gasteiger partial charge is 0.338 e. The third kappa shape index (κ3) is 4.80. The third-order valence-corrected chi connectivity index (χ3v) is 6.25. The molecule has 1 aromatic rings. The molecule has 0 heterocycles. The molecule has 0 fully saturated rings. The molecule has 1 aliphatic carbocycles. The number of nitrogens with one attached hydrogen (secondary N) is 2. The maximum absolute atomic E-state index is 12.0. The van der Waals surface area contributed by atoms with Gasteiger partial charge in [0.2, 0.25) is 0 Å². The highest BCUT2D eigenvalue weighted by molar-refractivity contribution is 7.84. The van der Waals surface area contributed by atoms with E-state index >= 15 is 0 Å². The van der Waals surface area contributed by atoms with Gasteiger partial charge in [0.05, 0.1) is 0 Å². The Kier molecular flexibility index (Phi) is 6.22. The van der Waals surface area contributed by atoms with Gasteiger partial charge in [-0.2, -0.15) is 0 Å². The summed E-state index contributed by atoms with van der Waals surface area (Å²) in [7, 11) is -0.836. The van der Waals surface area contributed by atoms with Crippen molar-refractivity contribution < 1.29 is 9.00 Å². The van der Waals surface area contributed by atoms with Crippen LogP contribution in [-0.4, -0.2) is 34.8 Å². The van der Waals surface area contributed by atoms with E-state index < -0.39 is 10.8 Å². The molecule has 0 radical (unpaired) electrons. The van der Waals surface area contributed by atoms with Crippen LogP contribution in [0.1, 0.15) is 44.2 Å². The fourth-order valence-electron chi connectivity index (χ4n) is 3.21. The molecule has 1 aliphatic rings. The highest BCUT2D eigenvalue weighted by Gasteiger charge is 2.31. The second kappa shape index (κ2) is 7.95. The van der Waals surface area contributed by atoms with Crippen molar-refractivity contribution in [3.8, 4) is 0 Å². The van der Waals surface area contributed by atoms with Crippen LogP contribution < -0.4 is 10.6 Å². The molecule has 128 valence electrons. The molecule has 0 saturated carbocycles. The lowest BCUT2D eigenvalue weighted by Crippen LogP contribution is -2.45. The minimum absolute atomic E-state index is 0.00436. The Balaban J connectivity index is 1.84. The Hall–Kier alpha value is -1.36. The molecule has 0 aromatic heterocycles. The smallest absolute Gasteiger partial charge is 0.314 e. The second-order valence-electron chi connectivity index (χ2n) is 6.78. The van der Waals surface area contributed by atoms with Crippen molar-refractivity contribution in [3.63, 3.8) is 0 Å². The molecule has 5 heteroatoms. The standard InChI is InChI=1S/C18H28N2O2S/c1-14(23(3)22)10-12-19-17(21)20-13-18(2)11-6-8-15-7-4-5-9-16(15)18/h4-5,7,9,14H,6,8,10-13H2,1-3H3,(H2,19,20,21). The van der Waals surface area contributed by atoms with Crippen LogP contribution in [0.5, 0.6) is 0 Å². The Morgan fingerprint density at radius 1 is 1.35 bits per heavy atom. The summed E-state index contributed by atoms with van der Waals surface area (Å²) in [5.74, 6) is 0. The maximum Gasteiger partial charge on any atom is 0.314 e. The van der Waals surface area contributed by atoms with E-state index in [4.69, 9.17) is 0 Å². The lowest BCUT2D eigenvalue weighted by molar-refractivity contribution is 0.236. The molecule has 0 bridgehead atoms. The molecule has 0 aliphatic heterocycles. The lowest BCUT2D eigenvalue weighted by Gasteiger charge is -2.36. The van der Waals surface area contributed by atoms with Crippen molar-refractivity contribution in [2.45, 2.75) is 50.2 Å². The molecule has 3 unspecified atom stereocenters. The van der Waals surface area contributed by atoms with Crippen molar-refractivity contribution >= 4 is 16.8 Å². The van der Waals surface area contributed by atoms with Crippen LogP contribution in [0.4, 0.5) is 4.79 Å². The van der Waals surface area contributed by atoms with E-state index in [1.54, 1.807) is 6.26 Å². The molecule has 23 heavy (non-hydrogen) atoms. The molecule has 1 aromatic carbocycles. The summed E-state index contributed by atoms with van der Waals surface area (Å²) in [5.41, 5.74) is 2.77. The third-order valence-electron chi connectivity index (χ3n) is 4.88. The van der Waals surface area contributed by atoms with Gasteiger partial charge in [-0.15, -0.1) is 0 Å². The highest BCUT2D eigenvalue weighted by atomic mass is 32.2. The summed E-state index contributed by atoms with van der Waals surface area (Å²) < 4.78 is 11.3. The number of fused-ring (bicyclic) bond motifs is 1. The summed E-state index contributed by atoms with van der Waals surface area (Å²) in [6.07, 6.45) is 5.82. The SMILES string of the molecule is CC(CCNC(=O)NCC1(C)CCCc2ccccc21)S(C)=O. The number of carbonyl (C=O) groups is 1. The zero-order valence-electron chi connectivity index (χ0n) is 14.4. The molecule has 3 atom stereocenters. The number of aryl methyl sites for hydroxylation is 1. The minimum Gasteiger partial charge on any atom is -0.338 e. The van der Waals surface area contributed by atoms with Gasteiger partial charge in [-0.1, -0.05) is 38.1 Å². The zero-order chi connectivity index (χ0) is 16.9. The first-order valence-electron chi connectivity index (χ1n) is 8.35. The van der Waals surface area contributed by atoms with Crippen LogP contribution in [0.2, 0.25) is 0 Å². The second-order valence-corrected chi connectivity index (χ2v) is 8.58. The first-order chi connectivity index (χ1) is 10.9. The Labute approximate surface area is 141 Å². The monoisotopic (exact) mass is 336 g/mol. The predicted molar refractivity (Wildman–Crippen MR) is 96.3 cm³/mol. The molecule has 0 saturated heterocycles. The van der Waals surface area contributed by atoms with Crippen LogP contribution in [0.25, 0.3) is 0 Å². The molecular weight excluding hydrogens is 308 g/mol. The van der Waals surface area contributed by atoms with Crippen molar-refractivity contribution in [3.05, 3.63) is 35.4 Å². The topological polar surface area (TPSA) is 58.2 Å². The molecule has 2 N–H and O–H groups in total. The average Bonchev–Trinajstić information content (AvgIpc) is 2.53. The van der Waals surface area contributed by atoms with Crippen LogP contribution in [0.15, 0.2) is 24.3 Å². The van der Waals surface area contributed by atoms with Crippen LogP contribution in [0, 0.1) is 0 Å². The normalized spacial score (nSPS) is 22.7. The van der Waals surface area contributed by atoms with Crippen LogP contribution >= 0.6 is 0 Å². The molecule has 2 amide bonds. The summed E-state index contributed by atoms with van der Waals surface area (Å²) in [6.45, 7) is 5.37. The Morgan fingerprint density at radius 3 is 2.83 bits per heavy atom. The number of rotatable bonds is 6. The minimum atomic E-state index is -0.836. The first-order valence-corrected chi connectivity index (χ1v) is 9.97. The van der Waals surface area contributed by atoms with Gasteiger partial charge in [-0.05, 0) is 36.8 Å². The molecule has 0 spiro atoms. The summed E-state index contributed by atoms with van der Waals surface area (Å²) >= 11 is 0. The van der Waals surface area contributed by atoms with Gasteiger partial charge in [-0.25, -0.2) is 4.79 Å². The first kappa shape index (κ1) is 18.0. The van der Waals surface area contributed by atoms with Gasteiger partial charge < -0.3 is 10.6 Å². The molecular formula is C18H28N2O2S. The van der Waals surface area contributed by atoms with Gasteiger partial charge in [0.25, 0.3) is 0 Å². The fraction of sp³-hybridized carbons (Fsp3) is 0.611. The van der Waals surface area contributed by atoms with Crippen molar-refractivity contribution in [1.29, 1.82) is 0 Å². The van der Waals surface area contributed by atoms with Gasteiger partial charge in [0.1, 0.15) is 0 Å². The van der Waals surface area contributed by atoms with E-state index in [2.05, 4.69) is 41.8 Å². The maximum atomic E-state index is 12.0.